The van der Waals surface area contributed by atoms with Gasteiger partial charge >= 0.3 is 5.97 Å². The maximum atomic E-state index is 12.5. The van der Waals surface area contributed by atoms with Gasteiger partial charge in [0, 0.05) is 13.1 Å². The van der Waals surface area contributed by atoms with Gasteiger partial charge in [-0.2, -0.15) is 4.31 Å². The number of nitrogens with zero attached hydrogens (tertiary/aromatic N) is 1. The van der Waals surface area contributed by atoms with Gasteiger partial charge in [0.25, 0.3) is 0 Å². The number of carboxylic acid groups (broad SMARTS) is 1. The summed E-state index contributed by atoms with van der Waals surface area (Å²) in [5.41, 5.74) is -0.135. The quantitative estimate of drug-likeness (QED) is 0.820. The summed E-state index contributed by atoms with van der Waals surface area (Å²) in [4.78, 5) is 10.8. The number of methoxy groups -OCH3 is 1. The molecule has 7 nitrogen and oxygen atoms in total. The van der Waals surface area contributed by atoms with Crippen molar-refractivity contribution in [3.8, 4) is 5.75 Å². The third-order valence-electron chi connectivity index (χ3n) is 3.15. The molecule has 1 fully saturated rings. The van der Waals surface area contributed by atoms with Gasteiger partial charge in [-0.15, -0.1) is 0 Å². The molecule has 110 valence electrons. The molecule has 8 heteroatoms. The van der Waals surface area contributed by atoms with Gasteiger partial charge in [0.05, 0.1) is 18.8 Å². The summed E-state index contributed by atoms with van der Waals surface area (Å²) < 4.78 is 31.1. The zero-order chi connectivity index (χ0) is 14.9. The van der Waals surface area contributed by atoms with Crippen LogP contribution in [0, 0.1) is 0 Å². The van der Waals surface area contributed by atoms with Crippen LogP contribution in [-0.2, 0) is 10.0 Å². The first-order valence-corrected chi connectivity index (χ1v) is 7.40. The van der Waals surface area contributed by atoms with Crippen LogP contribution in [0.2, 0.25) is 0 Å². The van der Waals surface area contributed by atoms with Crippen LogP contribution >= 0.6 is 0 Å². The highest BCUT2D eigenvalue weighted by molar-refractivity contribution is 7.89. The number of hydrogen-bond acceptors (Lipinski definition) is 5. The number of carboxylic acids is 1. The molecule has 0 unspecified atom stereocenters. The molecular weight excluding hydrogens is 286 g/mol. The van der Waals surface area contributed by atoms with Crippen LogP contribution in [0.1, 0.15) is 16.8 Å². The highest BCUT2D eigenvalue weighted by atomic mass is 32.2. The van der Waals surface area contributed by atoms with Crippen molar-refractivity contribution in [3.05, 3.63) is 23.8 Å². The summed E-state index contributed by atoms with van der Waals surface area (Å²) in [6.45, 7) is 0.201. The fraction of sp³-hybridized carbons (Fsp3) is 0.417. The Kier molecular flexibility index (Phi) is 3.98. The molecule has 2 rings (SSSR count). The number of sulfonamides is 1. The molecular formula is C12H15NO6S. The minimum absolute atomic E-state index is 0.00276. The average Bonchev–Trinajstić information content (AvgIpc) is 2.85. The van der Waals surface area contributed by atoms with Crippen molar-refractivity contribution in [2.24, 2.45) is 0 Å². The molecule has 0 bridgehead atoms. The van der Waals surface area contributed by atoms with Crippen molar-refractivity contribution < 1.29 is 28.2 Å². The molecule has 1 heterocycles. The van der Waals surface area contributed by atoms with E-state index >= 15 is 0 Å². The first-order chi connectivity index (χ1) is 9.36. The Morgan fingerprint density at radius 3 is 2.65 bits per heavy atom. The van der Waals surface area contributed by atoms with Gasteiger partial charge in [-0.05, 0) is 24.6 Å². The Morgan fingerprint density at radius 2 is 2.15 bits per heavy atom. The van der Waals surface area contributed by atoms with Crippen LogP contribution in [0.3, 0.4) is 0 Å². The summed E-state index contributed by atoms with van der Waals surface area (Å²) in [7, 11) is -2.57. The van der Waals surface area contributed by atoms with Crippen LogP contribution in [0.4, 0.5) is 0 Å². The number of aromatic carboxylic acids is 1. The molecule has 0 radical (unpaired) electrons. The van der Waals surface area contributed by atoms with Crippen molar-refractivity contribution in [1.29, 1.82) is 0 Å². The lowest BCUT2D eigenvalue weighted by molar-refractivity contribution is 0.0696. The van der Waals surface area contributed by atoms with E-state index in [4.69, 9.17) is 9.84 Å². The van der Waals surface area contributed by atoms with E-state index in [0.717, 1.165) is 10.4 Å². The first-order valence-electron chi connectivity index (χ1n) is 5.96. The third-order valence-corrected chi connectivity index (χ3v) is 5.04. The topological polar surface area (TPSA) is 104 Å². The van der Waals surface area contributed by atoms with Crippen LogP contribution in [0.25, 0.3) is 0 Å². The normalized spacial score (nSPS) is 20.0. The molecule has 1 atom stereocenters. The van der Waals surface area contributed by atoms with E-state index in [1.807, 2.05) is 0 Å². The first kappa shape index (κ1) is 14.8. The molecule has 1 saturated heterocycles. The Bertz CT molecular complexity index is 627. The third kappa shape index (κ3) is 2.62. The van der Waals surface area contributed by atoms with E-state index in [-0.39, 0.29) is 29.3 Å². The summed E-state index contributed by atoms with van der Waals surface area (Å²) in [5.74, 6) is -1.14. The maximum absolute atomic E-state index is 12.5. The van der Waals surface area contributed by atoms with Crippen LogP contribution in [0.15, 0.2) is 23.1 Å². The molecule has 2 N–H and O–H groups in total. The Balaban J connectivity index is 2.49. The van der Waals surface area contributed by atoms with Gasteiger partial charge in [-0.1, -0.05) is 0 Å². The summed E-state index contributed by atoms with van der Waals surface area (Å²) in [6.07, 6.45) is -0.335. The molecule has 0 aliphatic carbocycles. The fourth-order valence-corrected chi connectivity index (χ4v) is 3.75. The molecule has 1 aromatic carbocycles. The zero-order valence-corrected chi connectivity index (χ0v) is 11.6. The van der Waals surface area contributed by atoms with E-state index in [2.05, 4.69) is 0 Å². The summed E-state index contributed by atoms with van der Waals surface area (Å²) >= 11 is 0. The van der Waals surface area contributed by atoms with Gasteiger partial charge in [0.15, 0.2) is 0 Å². The van der Waals surface area contributed by atoms with Gasteiger partial charge in [0.1, 0.15) is 10.6 Å². The van der Waals surface area contributed by atoms with Gasteiger partial charge in [0.2, 0.25) is 10.0 Å². The fourth-order valence-electron chi connectivity index (χ4n) is 2.08. The largest absolute Gasteiger partial charge is 0.495 e. The maximum Gasteiger partial charge on any atom is 0.335 e. The molecule has 20 heavy (non-hydrogen) atoms. The smallest absolute Gasteiger partial charge is 0.335 e. The predicted molar refractivity (Wildman–Crippen MR) is 69.3 cm³/mol. The standard InChI is InChI=1S/C12H15NO6S/c1-19-10-3-2-8(12(15)16)6-11(10)20(17,18)13-5-4-9(14)7-13/h2-3,6,9,14H,4-5,7H2,1H3,(H,15,16)/t9-/m1/s1. The second-order valence-electron chi connectivity index (χ2n) is 4.48. The second-order valence-corrected chi connectivity index (χ2v) is 6.38. The van der Waals surface area contributed by atoms with Crippen molar-refractivity contribution in [2.45, 2.75) is 17.4 Å². The van der Waals surface area contributed by atoms with E-state index in [9.17, 15) is 18.3 Å². The number of aliphatic hydroxyl groups excluding tert-OH is 1. The predicted octanol–water partition coefficient (Wildman–Crippen LogP) is 0.149. The number of ether oxygens (including phenoxy) is 1. The molecule has 1 aliphatic rings. The number of rotatable bonds is 4. The van der Waals surface area contributed by atoms with Crippen molar-refractivity contribution in [1.82, 2.24) is 4.31 Å². The zero-order valence-electron chi connectivity index (χ0n) is 10.8. The minimum atomic E-state index is -3.89. The van der Waals surface area contributed by atoms with Gasteiger partial charge < -0.3 is 14.9 Å². The van der Waals surface area contributed by atoms with Crippen molar-refractivity contribution in [2.75, 3.05) is 20.2 Å². The Morgan fingerprint density at radius 1 is 1.45 bits per heavy atom. The second kappa shape index (κ2) is 5.39. The van der Waals surface area contributed by atoms with Crippen LogP contribution < -0.4 is 4.74 Å². The number of β-amino-alcohol motifs (C(OH)–C–C–N with tert-alkyl or cyclic N) is 1. The highest BCUT2D eigenvalue weighted by Gasteiger charge is 2.34. The molecule has 1 aliphatic heterocycles. The van der Waals surface area contributed by atoms with E-state index in [1.165, 1.54) is 19.2 Å². The molecule has 0 aromatic heterocycles. The van der Waals surface area contributed by atoms with Gasteiger partial charge in [-0.25, -0.2) is 13.2 Å². The van der Waals surface area contributed by atoms with Gasteiger partial charge in [-0.3, -0.25) is 0 Å². The number of benzene rings is 1. The SMILES string of the molecule is COc1ccc(C(=O)O)cc1S(=O)(=O)N1CC[C@@H](O)C1. The van der Waals surface area contributed by atoms with E-state index < -0.39 is 22.1 Å². The number of aliphatic hydroxyl groups is 1. The van der Waals surface area contributed by atoms with Crippen LogP contribution in [-0.4, -0.2) is 55.2 Å². The highest BCUT2D eigenvalue weighted by Crippen LogP contribution is 2.29. The molecule has 0 amide bonds. The lowest BCUT2D eigenvalue weighted by atomic mass is 10.2. The minimum Gasteiger partial charge on any atom is -0.495 e. The monoisotopic (exact) mass is 301 g/mol. The van der Waals surface area contributed by atoms with E-state index in [1.54, 1.807) is 0 Å². The van der Waals surface area contributed by atoms with E-state index in [0.29, 0.717) is 6.42 Å². The Labute approximate surface area is 116 Å². The van der Waals surface area contributed by atoms with Crippen molar-refractivity contribution >= 4 is 16.0 Å². The van der Waals surface area contributed by atoms with Crippen molar-refractivity contribution in [3.63, 3.8) is 0 Å². The molecule has 1 aromatic rings. The number of carbonyl (C=O) groups is 1. The number of hydrogen-bond donors (Lipinski definition) is 2. The summed E-state index contributed by atoms with van der Waals surface area (Å²) in [6, 6.07) is 3.66. The molecule has 0 saturated carbocycles. The average molecular weight is 301 g/mol. The lowest BCUT2D eigenvalue weighted by Crippen LogP contribution is -2.30. The van der Waals surface area contributed by atoms with Crippen LogP contribution in [0.5, 0.6) is 5.75 Å². The molecule has 0 spiro atoms. The Hall–Kier alpha value is -1.64. The summed E-state index contributed by atoms with van der Waals surface area (Å²) in [5, 5.41) is 18.4. The lowest BCUT2D eigenvalue weighted by Gasteiger charge is -2.18.